The van der Waals surface area contributed by atoms with E-state index in [4.69, 9.17) is 0 Å². The Bertz CT molecular complexity index is 233. The zero-order chi connectivity index (χ0) is 8.27. The average Bonchev–Trinajstić information content (AvgIpc) is 2.04. The Kier molecular flexibility index (Phi) is 3.13. The van der Waals surface area contributed by atoms with Crippen LogP contribution in [0.5, 0.6) is 0 Å². The van der Waals surface area contributed by atoms with Crippen molar-refractivity contribution in [2.75, 3.05) is 0 Å². The van der Waals surface area contributed by atoms with Crippen LogP contribution in [0.3, 0.4) is 0 Å². The van der Waals surface area contributed by atoms with Crippen LogP contribution in [-0.4, -0.2) is 20.1 Å². The van der Waals surface area contributed by atoms with Crippen LogP contribution in [0.25, 0.3) is 0 Å². The van der Waals surface area contributed by atoms with Gasteiger partial charge in [0.05, 0.1) is 0 Å². The van der Waals surface area contributed by atoms with E-state index in [0.717, 1.165) is 5.56 Å². The number of aliphatic hydroxyl groups is 1. The molecule has 2 heteroatoms. The first kappa shape index (κ1) is 8.79. The Morgan fingerprint density at radius 3 is 2.45 bits per heavy atom. The fraction of sp³-hybridized carbons (Fsp3) is 0.333. The SMILES string of the molecule is C[Se]c1ccccc1[C@H](C)O. The van der Waals surface area contributed by atoms with Crippen molar-refractivity contribution < 1.29 is 5.11 Å². The van der Waals surface area contributed by atoms with Crippen LogP contribution >= 0.6 is 0 Å². The van der Waals surface area contributed by atoms with E-state index in [1.807, 2.05) is 25.1 Å². The summed E-state index contributed by atoms with van der Waals surface area (Å²) in [6.45, 7) is 1.81. The van der Waals surface area contributed by atoms with E-state index in [9.17, 15) is 5.11 Å². The molecule has 1 nitrogen and oxygen atoms in total. The van der Waals surface area contributed by atoms with Crippen LogP contribution in [0.4, 0.5) is 0 Å². The van der Waals surface area contributed by atoms with Gasteiger partial charge in [0, 0.05) is 0 Å². The van der Waals surface area contributed by atoms with E-state index in [2.05, 4.69) is 11.9 Å². The first-order valence-electron chi connectivity index (χ1n) is 3.56. The molecule has 0 heterocycles. The molecule has 0 fully saturated rings. The van der Waals surface area contributed by atoms with Crippen molar-refractivity contribution in [1.82, 2.24) is 0 Å². The van der Waals surface area contributed by atoms with Crippen molar-refractivity contribution in [3.05, 3.63) is 29.8 Å². The quantitative estimate of drug-likeness (QED) is 0.733. The summed E-state index contributed by atoms with van der Waals surface area (Å²) in [4.78, 5) is 0. The van der Waals surface area contributed by atoms with Gasteiger partial charge in [0.15, 0.2) is 0 Å². The molecule has 1 aromatic rings. The van der Waals surface area contributed by atoms with Gasteiger partial charge in [-0.25, -0.2) is 0 Å². The molecule has 1 aromatic carbocycles. The number of benzene rings is 1. The van der Waals surface area contributed by atoms with E-state index >= 15 is 0 Å². The third-order valence-electron chi connectivity index (χ3n) is 1.59. The maximum absolute atomic E-state index is 9.35. The molecule has 0 aliphatic rings. The molecular weight excluding hydrogens is 203 g/mol. The van der Waals surface area contributed by atoms with Crippen molar-refractivity contribution >= 4 is 19.4 Å². The van der Waals surface area contributed by atoms with Gasteiger partial charge in [-0.2, -0.15) is 0 Å². The Hall–Kier alpha value is -0.301. The topological polar surface area (TPSA) is 20.2 Å². The maximum atomic E-state index is 9.35. The molecule has 0 radical (unpaired) electrons. The fourth-order valence-corrected chi connectivity index (χ4v) is 2.46. The molecule has 0 amide bonds. The van der Waals surface area contributed by atoms with Crippen LogP contribution in [0.2, 0.25) is 5.82 Å². The fourth-order valence-electron chi connectivity index (χ4n) is 1.01. The second kappa shape index (κ2) is 3.91. The molecule has 0 unspecified atom stereocenters. The molecule has 0 aromatic heterocycles. The molecule has 0 aliphatic carbocycles. The number of hydrogen-bond donors (Lipinski definition) is 1. The number of aliphatic hydroxyl groups excluding tert-OH is 1. The second-order valence-corrected chi connectivity index (χ2v) is 4.20. The third kappa shape index (κ3) is 2.06. The van der Waals surface area contributed by atoms with Gasteiger partial charge in [-0.15, -0.1) is 0 Å². The van der Waals surface area contributed by atoms with Crippen molar-refractivity contribution in [1.29, 1.82) is 0 Å². The Morgan fingerprint density at radius 2 is 2.00 bits per heavy atom. The minimum absolute atomic E-state index is 0.326. The molecular formula is C9H12OSe. The molecule has 0 aliphatic heterocycles. The monoisotopic (exact) mass is 216 g/mol. The molecule has 0 saturated heterocycles. The predicted octanol–water partition coefficient (Wildman–Crippen LogP) is 1.12. The van der Waals surface area contributed by atoms with Crippen LogP contribution in [0, 0.1) is 0 Å². The third-order valence-corrected chi connectivity index (χ3v) is 3.29. The van der Waals surface area contributed by atoms with Gasteiger partial charge >= 0.3 is 73.2 Å². The molecule has 11 heavy (non-hydrogen) atoms. The second-order valence-electron chi connectivity index (χ2n) is 2.42. The standard InChI is InChI=1S/C9H12OSe/c1-7(10)8-5-3-4-6-9(8)11-2/h3-7,10H,1-2H3/t7-/m0/s1. The summed E-state index contributed by atoms with van der Waals surface area (Å²) in [6, 6.07) is 8.07. The van der Waals surface area contributed by atoms with Crippen LogP contribution in [0.15, 0.2) is 24.3 Å². The summed E-state index contributed by atoms with van der Waals surface area (Å²) >= 11 is 0.480. The summed E-state index contributed by atoms with van der Waals surface area (Å²) in [5.74, 6) is 2.16. The van der Waals surface area contributed by atoms with Crippen molar-refractivity contribution in [3.8, 4) is 0 Å². The molecule has 60 valence electrons. The van der Waals surface area contributed by atoms with E-state index < -0.39 is 0 Å². The van der Waals surface area contributed by atoms with E-state index in [0.29, 0.717) is 15.0 Å². The van der Waals surface area contributed by atoms with Gasteiger partial charge < -0.3 is 0 Å². The van der Waals surface area contributed by atoms with Crippen LogP contribution in [0.1, 0.15) is 18.6 Å². The molecule has 1 N–H and O–H groups in total. The average molecular weight is 215 g/mol. The van der Waals surface area contributed by atoms with Gasteiger partial charge in [-0.3, -0.25) is 0 Å². The van der Waals surface area contributed by atoms with Crippen LogP contribution in [-0.2, 0) is 0 Å². The Morgan fingerprint density at radius 1 is 1.36 bits per heavy atom. The van der Waals surface area contributed by atoms with Crippen molar-refractivity contribution in [2.45, 2.75) is 18.8 Å². The molecule has 1 rings (SSSR count). The summed E-state index contributed by atoms with van der Waals surface area (Å²) in [7, 11) is 0. The molecule has 0 spiro atoms. The zero-order valence-electron chi connectivity index (χ0n) is 6.74. The van der Waals surface area contributed by atoms with Crippen LogP contribution < -0.4 is 4.46 Å². The van der Waals surface area contributed by atoms with E-state index in [1.165, 1.54) is 4.46 Å². The predicted molar refractivity (Wildman–Crippen MR) is 48.3 cm³/mol. The normalized spacial score (nSPS) is 13.0. The first-order valence-corrected chi connectivity index (χ1v) is 6.13. The summed E-state index contributed by atoms with van der Waals surface area (Å²) < 4.78 is 1.30. The minimum atomic E-state index is -0.326. The van der Waals surface area contributed by atoms with Gasteiger partial charge in [-0.1, -0.05) is 0 Å². The van der Waals surface area contributed by atoms with Gasteiger partial charge in [-0.05, 0) is 0 Å². The Labute approximate surface area is 73.6 Å². The molecule has 0 saturated carbocycles. The molecule has 0 bridgehead atoms. The van der Waals surface area contributed by atoms with Gasteiger partial charge in [0.25, 0.3) is 0 Å². The van der Waals surface area contributed by atoms with Crippen molar-refractivity contribution in [2.24, 2.45) is 0 Å². The first-order chi connectivity index (χ1) is 5.25. The zero-order valence-corrected chi connectivity index (χ0v) is 8.46. The van der Waals surface area contributed by atoms with Gasteiger partial charge in [0.1, 0.15) is 0 Å². The summed E-state index contributed by atoms with van der Waals surface area (Å²) in [6.07, 6.45) is -0.326. The summed E-state index contributed by atoms with van der Waals surface area (Å²) in [5.41, 5.74) is 1.08. The van der Waals surface area contributed by atoms with Gasteiger partial charge in [0.2, 0.25) is 0 Å². The number of hydrogen-bond acceptors (Lipinski definition) is 1. The summed E-state index contributed by atoms with van der Waals surface area (Å²) in [5, 5.41) is 9.35. The number of rotatable bonds is 2. The van der Waals surface area contributed by atoms with E-state index in [-0.39, 0.29) is 6.10 Å². The Balaban J connectivity index is 3.02. The van der Waals surface area contributed by atoms with Crippen molar-refractivity contribution in [3.63, 3.8) is 0 Å². The van der Waals surface area contributed by atoms with E-state index in [1.54, 1.807) is 0 Å². The molecule has 1 atom stereocenters.